The highest BCUT2D eigenvalue weighted by atomic mass is 127. The van der Waals surface area contributed by atoms with Crippen LogP contribution in [0, 0.1) is 5.82 Å². The highest BCUT2D eigenvalue weighted by molar-refractivity contribution is 14.0. The zero-order chi connectivity index (χ0) is 19.3. The number of aliphatic imine (C=N–C) groups is 1. The second-order valence-corrected chi connectivity index (χ2v) is 8.10. The van der Waals surface area contributed by atoms with Crippen molar-refractivity contribution in [1.82, 2.24) is 15.1 Å². The summed E-state index contributed by atoms with van der Waals surface area (Å²) in [4.78, 5) is 9.87. The van der Waals surface area contributed by atoms with Crippen molar-refractivity contribution in [2.24, 2.45) is 4.99 Å². The third-order valence-corrected chi connectivity index (χ3v) is 5.61. The summed E-state index contributed by atoms with van der Waals surface area (Å²) in [7, 11) is 0. The zero-order valence-corrected chi connectivity index (χ0v) is 19.6. The molecule has 1 N–H and O–H groups in total. The van der Waals surface area contributed by atoms with Crippen LogP contribution in [0.15, 0.2) is 29.3 Å². The van der Waals surface area contributed by atoms with E-state index in [0.717, 1.165) is 57.5 Å². The summed E-state index contributed by atoms with van der Waals surface area (Å²) in [5.74, 6) is 0.793. The first-order chi connectivity index (χ1) is 13.0. The van der Waals surface area contributed by atoms with Gasteiger partial charge in [-0.2, -0.15) is 0 Å². The molecule has 0 amide bonds. The van der Waals surface area contributed by atoms with Crippen molar-refractivity contribution in [2.75, 3.05) is 52.5 Å². The summed E-state index contributed by atoms with van der Waals surface area (Å²) in [6.45, 7) is 13.8. The third kappa shape index (κ3) is 6.03. The first-order valence-electron chi connectivity index (χ1n) is 10.1. The average Bonchev–Trinajstić information content (AvgIpc) is 3.16. The van der Waals surface area contributed by atoms with Crippen molar-refractivity contribution in [3.63, 3.8) is 0 Å². The Hall–Kier alpha value is -0.930. The number of likely N-dealkylation sites (tertiary alicyclic amines) is 1. The Morgan fingerprint density at radius 2 is 1.89 bits per heavy atom. The van der Waals surface area contributed by atoms with E-state index in [9.17, 15) is 4.39 Å². The molecule has 5 nitrogen and oxygen atoms in total. The van der Waals surface area contributed by atoms with E-state index >= 15 is 0 Å². The van der Waals surface area contributed by atoms with Crippen LogP contribution in [0.1, 0.15) is 32.8 Å². The van der Waals surface area contributed by atoms with E-state index in [2.05, 4.69) is 35.9 Å². The van der Waals surface area contributed by atoms with Gasteiger partial charge in [-0.05, 0) is 31.0 Å². The van der Waals surface area contributed by atoms with Gasteiger partial charge in [-0.15, -0.1) is 24.0 Å². The predicted molar refractivity (Wildman–Crippen MR) is 123 cm³/mol. The van der Waals surface area contributed by atoms with Crippen molar-refractivity contribution >= 4 is 29.9 Å². The van der Waals surface area contributed by atoms with Gasteiger partial charge in [0, 0.05) is 44.2 Å². The first kappa shape index (κ1) is 23.3. The number of nitrogens with zero attached hydrogens (tertiary/aromatic N) is 3. The van der Waals surface area contributed by atoms with E-state index in [1.165, 1.54) is 18.6 Å². The van der Waals surface area contributed by atoms with E-state index in [4.69, 9.17) is 9.73 Å². The normalized spacial score (nSPS) is 21.5. The summed E-state index contributed by atoms with van der Waals surface area (Å²) in [5, 5.41) is 3.45. The van der Waals surface area contributed by atoms with E-state index in [1.54, 1.807) is 0 Å². The number of nitrogens with one attached hydrogen (secondary N) is 1. The molecule has 1 unspecified atom stereocenters. The molecule has 158 valence electrons. The van der Waals surface area contributed by atoms with Crippen molar-refractivity contribution in [3.8, 4) is 0 Å². The number of rotatable bonds is 5. The minimum Gasteiger partial charge on any atom is -0.379 e. The van der Waals surface area contributed by atoms with Crippen LogP contribution >= 0.6 is 24.0 Å². The lowest BCUT2D eigenvalue weighted by molar-refractivity contribution is 0.0195. The number of morpholine rings is 1. The Bertz CT molecular complexity index is 632. The molecule has 28 heavy (non-hydrogen) atoms. The van der Waals surface area contributed by atoms with Gasteiger partial charge in [-0.1, -0.05) is 26.0 Å². The fraction of sp³-hybridized carbons (Fsp3) is 0.667. The van der Waals surface area contributed by atoms with Crippen LogP contribution in [-0.4, -0.2) is 74.3 Å². The average molecular weight is 504 g/mol. The number of benzene rings is 1. The molecule has 0 saturated carbocycles. The van der Waals surface area contributed by atoms with E-state index in [1.807, 2.05) is 12.1 Å². The lowest BCUT2D eigenvalue weighted by Crippen LogP contribution is -2.47. The number of hydrogen-bond donors (Lipinski definition) is 1. The number of ether oxygens (including phenoxy) is 1. The van der Waals surface area contributed by atoms with E-state index in [0.29, 0.717) is 12.6 Å². The van der Waals surface area contributed by atoms with Crippen molar-refractivity contribution in [2.45, 2.75) is 38.6 Å². The minimum absolute atomic E-state index is 0. The van der Waals surface area contributed by atoms with Crippen molar-refractivity contribution in [3.05, 3.63) is 35.6 Å². The number of hydrogen-bond acceptors (Lipinski definition) is 3. The predicted octanol–water partition coefficient (Wildman–Crippen LogP) is 3.09. The summed E-state index contributed by atoms with van der Waals surface area (Å²) in [6.07, 6.45) is 1.17. The lowest BCUT2D eigenvalue weighted by atomic mass is 9.85. The van der Waals surface area contributed by atoms with Crippen LogP contribution < -0.4 is 5.32 Å². The summed E-state index contributed by atoms with van der Waals surface area (Å²) >= 11 is 0. The fourth-order valence-electron chi connectivity index (χ4n) is 3.87. The van der Waals surface area contributed by atoms with Gasteiger partial charge in [0.15, 0.2) is 5.96 Å². The summed E-state index contributed by atoms with van der Waals surface area (Å²) in [5.41, 5.74) is 0.966. The monoisotopic (exact) mass is 504 g/mol. The van der Waals surface area contributed by atoms with Gasteiger partial charge in [-0.25, -0.2) is 4.39 Å². The van der Waals surface area contributed by atoms with Gasteiger partial charge in [0.1, 0.15) is 5.82 Å². The molecule has 2 heterocycles. The molecule has 0 aliphatic carbocycles. The highest BCUT2D eigenvalue weighted by Gasteiger charge is 2.30. The largest absolute Gasteiger partial charge is 0.379 e. The number of guanidine groups is 1. The first-order valence-corrected chi connectivity index (χ1v) is 10.1. The molecule has 1 atom stereocenters. The standard InChI is InChI=1S/C21H33FN4O.HI/c1-4-23-20(24-16-21(2,3)17-5-7-18(22)8-6-17)26-10-9-19(15-26)25-11-13-27-14-12-25;/h5-8,19H,4,9-16H2,1-3H3,(H,23,24);1H. The molecule has 2 aliphatic heterocycles. The van der Waals surface area contributed by atoms with Gasteiger partial charge in [-0.3, -0.25) is 9.89 Å². The Morgan fingerprint density at radius 3 is 2.54 bits per heavy atom. The van der Waals surface area contributed by atoms with Gasteiger partial charge < -0.3 is 15.0 Å². The quantitative estimate of drug-likeness (QED) is 0.380. The lowest BCUT2D eigenvalue weighted by Gasteiger charge is -2.32. The van der Waals surface area contributed by atoms with E-state index in [-0.39, 0.29) is 35.2 Å². The molecule has 3 rings (SSSR count). The van der Waals surface area contributed by atoms with Crippen LogP contribution in [0.5, 0.6) is 0 Å². The smallest absolute Gasteiger partial charge is 0.193 e. The van der Waals surface area contributed by atoms with Crippen LogP contribution in [0.2, 0.25) is 0 Å². The van der Waals surface area contributed by atoms with Gasteiger partial charge in [0.25, 0.3) is 0 Å². The molecule has 2 saturated heterocycles. The maximum absolute atomic E-state index is 13.2. The zero-order valence-electron chi connectivity index (χ0n) is 17.3. The summed E-state index contributed by atoms with van der Waals surface area (Å²) in [6, 6.07) is 7.37. The summed E-state index contributed by atoms with van der Waals surface area (Å²) < 4.78 is 18.7. The van der Waals surface area contributed by atoms with Gasteiger partial charge in [0.05, 0.1) is 19.8 Å². The number of halogens is 2. The van der Waals surface area contributed by atoms with Crippen LogP contribution in [0.25, 0.3) is 0 Å². The van der Waals surface area contributed by atoms with Crippen molar-refractivity contribution < 1.29 is 9.13 Å². The van der Waals surface area contributed by atoms with Crippen LogP contribution in [-0.2, 0) is 10.2 Å². The molecule has 2 aliphatic rings. The van der Waals surface area contributed by atoms with E-state index < -0.39 is 0 Å². The van der Waals surface area contributed by atoms with Crippen molar-refractivity contribution in [1.29, 1.82) is 0 Å². The molecular weight excluding hydrogens is 470 g/mol. The Balaban J connectivity index is 0.00000280. The molecule has 0 radical (unpaired) electrons. The Kier molecular flexibility index (Phi) is 8.95. The van der Waals surface area contributed by atoms with Gasteiger partial charge >= 0.3 is 0 Å². The second kappa shape index (κ2) is 10.7. The molecular formula is C21H34FIN4O. The molecule has 1 aromatic rings. The topological polar surface area (TPSA) is 40.1 Å². The third-order valence-electron chi connectivity index (χ3n) is 5.61. The molecule has 1 aromatic carbocycles. The molecule has 2 fully saturated rings. The molecule has 0 aromatic heterocycles. The van der Waals surface area contributed by atoms with Crippen LogP contribution in [0.4, 0.5) is 4.39 Å². The minimum atomic E-state index is -0.197. The maximum atomic E-state index is 13.2. The molecule has 0 bridgehead atoms. The highest BCUT2D eigenvalue weighted by Crippen LogP contribution is 2.24. The molecule has 0 spiro atoms. The fourth-order valence-corrected chi connectivity index (χ4v) is 3.87. The second-order valence-electron chi connectivity index (χ2n) is 8.10. The maximum Gasteiger partial charge on any atom is 0.193 e. The molecule has 7 heteroatoms. The van der Waals surface area contributed by atoms with Crippen LogP contribution in [0.3, 0.4) is 0 Å². The SMILES string of the molecule is CCNC(=NCC(C)(C)c1ccc(F)cc1)N1CCC(N2CCOCC2)C1.I. The Morgan fingerprint density at radius 1 is 1.21 bits per heavy atom. The van der Waals surface area contributed by atoms with Gasteiger partial charge in [0.2, 0.25) is 0 Å². The Labute approximate surface area is 185 Å².